The van der Waals surface area contributed by atoms with Crippen LogP contribution < -0.4 is 15.8 Å². The normalized spacial score (nSPS) is 11.9. The third kappa shape index (κ3) is 4.79. The molecule has 1 atom stereocenters. The number of nitrogens with one attached hydrogen (secondary N) is 1. The van der Waals surface area contributed by atoms with Crippen LogP contribution in [0, 0.1) is 0 Å². The number of carbonyl (C=O) groups is 1. The summed E-state index contributed by atoms with van der Waals surface area (Å²) in [6.45, 7) is 2.70. The number of hydrogen-bond acceptors (Lipinski definition) is 3. The molecular formula is C12H18N2O2. The zero-order valence-corrected chi connectivity index (χ0v) is 9.48. The summed E-state index contributed by atoms with van der Waals surface area (Å²) in [5, 5.41) is 2.77. The Morgan fingerprint density at radius 2 is 2.12 bits per heavy atom. The summed E-state index contributed by atoms with van der Waals surface area (Å²) in [7, 11) is 0. The molecule has 0 aliphatic carbocycles. The molecule has 88 valence electrons. The average Bonchev–Trinajstić information content (AvgIpc) is 2.30. The molecule has 4 nitrogen and oxygen atoms in total. The molecule has 1 aromatic rings. The minimum absolute atomic E-state index is 0.0178. The molecule has 0 saturated carbocycles. The van der Waals surface area contributed by atoms with Crippen LogP contribution in [0.15, 0.2) is 30.3 Å². The van der Waals surface area contributed by atoms with Crippen LogP contribution >= 0.6 is 0 Å². The quantitative estimate of drug-likeness (QED) is 0.752. The van der Waals surface area contributed by atoms with Gasteiger partial charge in [0.1, 0.15) is 5.75 Å². The maximum atomic E-state index is 11.4. The van der Waals surface area contributed by atoms with E-state index in [1.54, 1.807) is 0 Å². The molecule has 1 amide bonds. The van der Waals surface area contributed by atoms with Crippen molar-refractivity contribution >= 4 is 5.91 Å². The lowest BCUT2D eigenvalue weighted by atomic mass is 10.3. The monoisotopic (exact) mass is 222 g/mol. The molecule has 1 rings (SSSR count). The second-order valence-electron chi connectivity index (χ2n) is 3.62. The van der Waals surface area contributed by atoms with Crippen LogP contribution in [0.4, 0.5) is 0 Å². The number of rotatable bonds is 6. The van der Waals surface area contributed by atoms with Gasteiger partial charge in [-0.15, -0.1) is 0 Å². The summed E-state index contributed by atoms with van der Waals surface area (Å²) in [5.41, 5.74) is 5.39. The number of ether oxygens (including phenoxy) is 1. The molecule has 0 aliphatic heterocycles. The van der Waals surface area contributed by atoms with Crippen LogP contribution in [0.25, 0.3) is 0 Å². The summed E-state index contributed by atoms with van der Waals surface area (Å²) >= 11 is 0. The Morgan fingerprint density at radius 1 is 1.44 bits per heavy atom. The Hall–Kier alpha value is -1.55. The number of benzene rings is 1. The minimum atomic E-state index is -0.0334. The van der Waals surface area contributed by atoms with Gasteiger partial charge in [0, 0.05) is 12.6 Å². The molecule has 1 aromatic carbocycles. The molecule has 0 fully saturated rings. The van der Waals surface area contributed by atoms with Crippen LogP contribution in [0.2, 0.25) is 0 Å². The highest BCUT2D eigenvalue weighted by atomic mass is 16.5. The van der Waals surface area contributed by atoms with E-state index in [1.807, 2.05) is 37.3 Å². The molecule has 0 radical (unpaired) electrons. The summed E-state index contributed by atoms with van der Waals surface area (Å²) in [5.74, 6) is 0.746. The number of hydrogen-bond donors (Lipinski definition) is 2. The van der Waals surface area contributed by atoms with Crippen molar-refractivity contribution in [2.24, 2.45) is 5.73 Å². The lowest BCUT2D eigenvalue weighted by Gasteiger charge is -2.11. The number of carbonyl (C=O) groups excluding carboxylic acids is 1. The van der Waals surface area contributed by atoms with Gasteiger partial charge >= 0.3 is 0 Å². The second kappa shape index (κ2) is 6.85. The van der Waals surface area contributed by atoms with Gasteiger partial charge in [0.25, 0.3) is 0 Å². The predicted octanol–water partition coefficient (Wildman–Crippen LogP) is 0.919. The zero-order chi connectivity index (χ0) is 11.8. The van der Waals surface area contributed by atoms with E-state index in [1.165, 1.54) is 0 Å². The van der Waals surface area contributed by atoms with Gasteiger partial charge in [0.05, 0.1) is 13.0 Å². The Bertz CT molecular complexity index is 314. The molecule has 0 aliphatic rings. The van der Waals surface area contributed by atoms with Gasteiger partial charge in [-0.3, -0.25) is 4.79 Å². The molecule has 0 spiro atoms. The fourth-order valence-corrected chi connectivity index (χ4v) is 1.18. The van der Waals surface area contributed by atoms with Gasteiger partial charge in [0.15, 0.2) is 0 Å². The highest BCUT2D eigenvalue weighted by Gasteiger charge is 2.05. The van der Waals surface area contributed by atoms with Crippen LogP contribution in [0.1, 0.15) is 13.3 Å². The van der Waals surface area contributed by atoms with E-state index in [0.717, 1.165) is 5.75 Å². The van der Waals surface area contributed by atoms with Crippen LogP contribution in [0.3, 0.4) is 0 Å². The lowest BCUT2D eigenvalue weighted by molar-refractivity contribution is -0.122. The van der Waals surface area contributed by atoms with Gasteiger partial charge in [0.2, 0.25) is 5.91 Å². The Labute approximate surface area is 95.8 Å². The van der Waals surface area contributed by atoms with E-state index < -0.39 is 0 Å². The van der Waals surface area contributed by atoms with Gasteiger partial charge in [-0.05, 0) is 19.1 Å². The van der Waals surface area contributed by atoms with Crippen molar-refractivity contribution < 1.29 is 9.53 Å². The van der Waals surface area contributed by atoms with Crippen molar-refractivity contribution in [2.75, 3.05) is 13.2 Å². The standard InChI is InChI=1S/C12H18N2O2/c1-10(9-13)14-12(15)7-8-16-11-5-3-2-4-6-11/h2-6,10H,7-9,13H2,1H3,(H,14,15). The number of amides is 1. The first-order chi connectivity index (χ1) is 7.72. The highest BCUT2D eigenvalue weighted by Crippen LogP contribution is 2.08. The van der Waals surface area contributed by atoms with E-state index in [4.69, 9.17) is 10.5 Å². The summed E-state index contributed by atoms with van der Waals surface area (Å²) in [4.78, 5) is 11.4. The average molecular weight is 222 g/mol. The first-order valence-corrected chi connectivity index (χ1v) is 5.39. The minimum Gasteiger partial charge on any atom is -0.493 e. The van der Waals surface area contributed by atoms with Crippen molar-refractivity contribution in [1.82, 2.24) is 5.32 Å². The first kappa shape index (κ1) is 12.5. The molecule has 3 N–H and O–H groups in total. The second-order valence-corrected chi connectivity index (χ2v) is 3.62. The molecule has 0 saturated heterocycles. The van der Waals surface area contributed by atoms with E-state index >= 15 is 0 Å². The topological polar surface area (TPSA) is 64.3 Å². The SMILES string of the molecule is CC(CN)NC(=O)CCOc1ccccc1. The molecule has 16 heavy (non-hydrogen) atoms. The Kier molecular flexibility index (Phi) is 5.36. The zero-order valence-electron chi connectivity index (χ0n) is 9.48. The van der Waals surface area contributed by atoms with E-state index in [9.17, 15) is 4.79 Å². The maximum Gasteiger partial charge on any atom is 0.223 e. The lowest BCUT2D eigenvalue weighted by Crippen LogP contribution is -2.38. The van der Waals surface area contributed by atoms with E-state index in [-0.39, 0.29) is 11.9 Å². The van der Waals surface area contributed by atoms with E-state index in [2.05, 4.69) is 5.32 Å². The van der Waals surface area contributed by atoms with Crippen molar-refractivity contribution in [3.8, 4) is 5.75 Å². The molecule has 0 aromatic heterocycles. The fourth-order valence-electron chi connectivity index (χ4n) is 1.18. The van der Waals surface area contributed by atoms with Crippen LogP contribution in [-0.2, 0) is 4.79 Å². The van der Waals surface area contributed by atoms with Gasteiger partial charge < -0.3 is 15.8 Å². The molecule has 0 bridgehead atoms. The van der Waals surface area contributed by atoms with Crippen molar-refractivity contribution in [1.29, 1.82) is 0 Å². The van der Waals surface area contributed by atoms with Gasteiger partial charge in [-0.25, -0.2) is 0 Å². The Balaban J connectivity index is 2.18. The Morgan fingerprint density at radius 3 is 2.75 bits per heavy atom. The molecule has 1 unspecified atom stereocenters. The number of nitrogens with two attached hydrogens (primary N) is 1. The first-order valence-electron chi connectivity index (χ1n) is 5.39. The van der Waals surface area contributed by atoms with Crippen LogP contribution in [0.5, 0.6) is 5.75 Å². The highest BCUT2D eigenvalue weighted by molar-refractivity contribution is 5.76. The van der Waals surface area contributed by atoms with Crippen molar-refractivity contribution in [2.45, 2.75) is 19.4 Å². The predicted molar refractivity (Wildman–Crippen MR) is 63.2 cm³/mol. The largest absolute Gasteiger partial charge is 0.493 e. The smallest absolute Gasteiger partial charge is 0.223 e. The number of para-hydroxylation sites is 1. The summed E-state index contributed by atoms with van der Waals surface area (Å²) < 4.78 is 5.40. The summed E-state index contributed by atoms with van der Waals surface area (Å²) in [6, 6.07) is 9.45. The third-order valence-electron chi connectivity index (χ3n) is 2.10. The van der Waals surface area contributed by atoms with Crippen LogP contribution in [-0.4, -0.2) is 25.1 Å². The van der Waals surface area contributed by atoms with Crippen molar-refractivity contribution in [3.05, 3.63) is 30.3 Å². The third-order valence-corrected chi connectivity index (χ3v) is 2.10. The molecule has 4 heteroatoms. The van der Waals surface area contributed by atoms with Crippen molar-refractivity contribution in [3.63, 3.8) is 0 Å². The van der Waals surface area contributed by atoms with Gasteiger partial charge in [-0.1, -0.05) is 18.2 Å². The summed E-state index contributed by atoms with van der Waals surface area (Å²) in [6.07, 6.45) is 0.346. The molecule has 0 heterocycles. The van der Waals surface area contributed by atoms with E-state index in [0.29, 0.717) is 19.6 Å². The fraction of sp³-hybridized carbons (Fsp3) is 0.417. The molecular weight excluding hydrogens is 204 g/mol. The van der Waals surface area contributed by atoms with Gasteiger partial charge in [-0.2, -0.15) is 0 Å². The maximum absolute atomic E-state index is 11.4.